The molecule has 1 heterocycles. The highest BCUT2D eigenvalue weighted by molar-refractivity contribution is 5.85. The highest BCUT2D eigenvalue weighted by Gasteiger charge is 2.14. The number of alkyl halides is 2. The summed E-state index contributed by atoms with van der Waals surface area (Å²) in [5, 5.41) is 8.43. The smallest absolute Gasteiger partial charge is 0.354 e. The van der Waals surface area contributed by atoms with E-state index in [9.17, 15) is 13.6 Å². The number of carbonyl (C=O) groups is 1. The van der Waals surface area contributed by atoms with Crippen molar-refractivity contribution in [3.8, 4) is 0 Å². The molecule has 0 saturated heterocycles. The predicted molar refractivity (Wildman–Crippen MR) is 40.6 cm³/mol. The van der Waals surface area contributed by atoms with Gasteiger partial charge in [0.1, 0.15) is 5.82 Å². The molecule has 4 nitrogen and oxygen atoms in total. The third-order valence-electron chi connectivity index (χ3n) is 1.41. The Labute approximate surface area is 72.0 Å². The van der Waals surface area contributed by atoms with E-state index in [1.54, 1.807) is 0 Å². The Morgan fingerprint density at radius 3 is 2.54 bits per heavy atom. The van der Waals surface area contributed by atoms with Crippen LogP contribution in [0.25, 0.3) is 0 Å². The van der Waals surface area contributed by atoms with Crippen LogP contribution >= 0.6 is 0 Å². The Balaban J connectivity index is 3.13. The van der Waals surface area contributed by atoms with Crippen LogP contribution < -0.4 is 5.73 Å². The van der Waals surface area contributed by atoms with E-state index in [4.69, 9.17) is 10.8 Å². The van der Waals surface area contributed by atoms with E-state index in [2.05, 4.69) is 4.98 Å². The van der Waals surface area contributed by atoms with Gasteiger partial charge in [0, 0.05) is 0 Å². The Morgan fingerprint density at radius 2 is 2.15 bits per heavy atom. The standard InChI is InChI=1S/C7H6F2N2O2/c8-5(9)3-1-2-4(7(12)13)11-6(3)10/h1-2,5H,(H2,10,11)(H,12,13). The summed E-state index contributed by atoms with van der Waals surface area (Å²) in [5.74, 6) is -1.75. The second kappa shape index (κ2) is 3.34. The molecule has 0 radical (unpaired) electrons. The lowest BCUT2D eigenvalue weighted by Crippen LogP contribution is -2.05. The van der Waals surface area contributed by atoms with E-state index < -0.39 is 23.8 Å². The van der Waals surface area contributed by atoms with Crippen LogP contribution in [-0.2, 0) is 0 Å². The summed E-state index contributed by atoms with van der Waals surface area (Å²) in [6.07, 6.45) is -2.74. The first-order valence-corrected chi connectivity index (χ1v) is 3.30. The maximum atomic E-state index is 12.1. The number of pyridine rings is 1. The first-order chi connectivity index (χ1) is 6.02. The van der Waals surface area contributed by atoms with Crippen molar-refractivity contribution in [2.75, 3.05) is 5.73 Å². The molecule has 3 N–H and O–H groups in total. The Kier molecular flexibility index (Phi) is 2.41. The van der Waals surface area contributed by atoms with E-state index in [1.165, 1.54) is 0 Å². The third kappa shape index (κ3) is 1.90. The monoisotopic (exact) mass is 188 g/mol. The molecule has 0 amide bonds. The molecular formula is C7H6F2N2O2. The van der Waals surface area contributed by atoms with Crippen molar-refractivity contribution in [3.63, 3.8) is 0 Å². The summed E-state index contributed by atoms with van der Waals surface area (Å²) in [6.45, 7) is 0. The van der Waals surface area contributed by atoms with Crippen LogP contribution in [0.5, 0.6) is 0 Å². The van der Waals surface area contributed by atoms with Crippen molar-refractivity contribution in [2.45, 2.75) is 6.43 Å². The van der Waals surface area contributed by atoms with Gasteiger partial charge < -0.3 is 10.8 Å². The molecule has 0 saturated carbocycles. The van der Waals surface area contributed by atoms with Crippen molar-refractivity contribution >= 4 is 11.8 Å². The van der Waals surface area contributed by atoms with Crippen molar-refractivity contribution < 1.29 is 18.7 Å². The molecule has 0 atom stereocenters. The van der Waals surface area contributed by atoms with Crippen LogP contribution in [0.4, 0.5) is 14.6 Å². The van der Waals surface area contributed by atoms with E-state index >= 15 is 0 Å². The number of nitrogens with zero attached hydrogens (tertiary/aromatic N) is 1. The van der Waals surface area contributed by atoms with Crippen LogP contribution in [0.1, 0.15) is 22.5 Å². The fraction of sp³-hybridized carbons (Fsp3) is 0.143. The Hall–Kier alpha value is -1.72. The number of carboxylic acid groups (broad SMARTS) is 1. The largest absolute Gasteiger partial charge is 0.477 e. The molecule has 1 aromatic rings. The van der Waals surface area contributed by atoms with Gasteiger partial charge in [-0.1, -0.05) is 0 Å². The molecule has 13 heavy (non-hydrogen) atoms. The van der Waals surface area contributed by atoms with Crippen molar-refractivity contribution in [2.24, 2.45) is 0 Å². The number of hydrogen-bond donors (Lipinski definition) is 2. The number of nitrogen functional groups attached to an aromatic ring is 1. The quantitative estimate of drug-likeness (QED) is 0.733. The van der Waals surface area contributed by atoms with Crippen LogP contribution in [0.2, 0.25) is 0 Å². The number of aromatic carboxylic acids is 1. The average Bonchev–Trinajstić information content (AvgIpc) is 2.03. The second-order valence-electron chi connectivity index (χ2n) is 2.28. The summed E-state index contributed by atoms with van der Waals surface area (Å²) in [6, 6.07) is 1.94. The average molecular weight is 188 g/mol. The molecule has 0 spiro atoms. The Bertz CT molecular complexity index is 341. The lowest BCUT2D eigenvalue weighted by molar-refractivity contribution is 0.0690. The second-order valence-corrected chi connectivity index (χ2v) is 2.28. The fourth-order valence-corrected chi connectivity index (χ4v) is 0.789. The van der Waals surface area contributed by atoms with Gasteiger partial charge in [-0.15, -0.1) is 0 Å². The van der Waals surface area contributed by atoms with Crippen LogP contribution in [0.3, 0.4) is 0 Å². The van der Waals surface area contributed by atoms with Crippen LogP contribution in [0.15, 0.2) is 12.1 Å². The molecule has 0 aliphatic heterocycles. The van der Waals surface area contributed by atoms with Gasteiger partial charge in [0.05, 0.1) is 5.56 Å². The number of anilines is 1. The lowest BCUT2D eigenvalue weighted by Gasteiger charge is -2.03. The van der Waals surface area contributed by atoms with Crippen molar-refractivity contribution in [3.05, 3.63) is 23.4 Å². The molecule has 0 fully saturated rings. The maximum Gasteiger partial charge on any atom is 0.354 e. The summed E-state index contributed by atoms with van der Waals surface area (Å²) < 4.78 is 24.2. The molecule has 70 valence electrons. The van der Waals surface area contributed by atoms with Crippen LogP contribution in [0, 0.1) is 0 Å². The summed E-state index contributed by atoms with van der Waals surface area (Å²) in [7, 11) is 0. The van der Waals surface area contributed by atoms with E-state index in [0.29, 0.717) is 0 Å². The highest BCUT2D eigenvalue weighted by atomic mass is 19.3. The topological polar surface area (TPSA) is 76.2 Å². The maximum absolute atomic E-state index is 12.1. The van der Waals surface area contributed by atoms with Crippen LogP contribution in [-0.4, -0.2) is 16.1 Å². The number of hydrogen-bond acceptors (Lipinski definition) is 3. The molecule has 1 rings (SSSR count). The van der Waals surface area contributed by atoms with Gasteiger partial charge in [0.2, 0.25) is 0 Å². The number of halogens is 2. The molecule has 1 aromatic heterocycles. The third-order valence-corrected chi connectivity index (χ3v) is 1.41. The number of nitrogens with two attached hydrogens (primary N) is 1. The highest BCUT2D eigenvalue weighted by Crippen LogP contribution is 2.23. The van der Waals surface area contributed by atoms with Crippen molar-refractivity contribution in [1.82, 2.24) is 4.98 Å². The fourth-order valence-electron chi connectivity index (χ4n) is 0.789. The molecular weight excluding hydrogens is 182 g/mol. The van der Waals surface area contributed by atoms with Gasteiger partial charge in [-0.2, -0.15) is 0 Å². The summed E-state index contributed by atoms with van der Waals surface area (Å²) >= 11 is 0. The van der Waals surface area contributed by atoms with Gasteiger partial charge in [-0.05, 0) is 12.1 Å². The number of carboxylic acids is 1. The minimum absolute atomic E-state index is 0.345. The van der Waals surface area contributed by atoms with Gasteiger partial charge in [-0.25, -0.2) is 18.6 Å². The van der Waals surface area contributed by atoms with E-state index in [0.717, 1.165) is 12.1 Å². The molecule has 0 aliphatic carbocycles. The number of aromatic nitrogens is 1. The molecule has 6 heteroatoms. The number of rotatable bonds is 2. The van der Waals surface area contributed by atoms with Crippen molar-refractivity contribution in [1.29, 1.82) is 0 Å². The zero-order valence-corrected chi connectivity index (χ0v) is 6.37. The van der Waals surface area contributed by atoms with Gasteiger partial charge >= 0.3 is 5.97 Å². The van der Waals surface area contributed by atoms with Gasteiger partial charge in [0.15, 0.2) is 5.69 Å². The lowest BCUT2D eigenvalue weighted by atomic mass is 10.2. The Morgan fingerprint density at radius 1 is 1.54 bits per heavy atom. The van der Waals surface area contributed by atoms with E-state index in [1.807, 2.05) is 0 Å². The first kappa shape index (κ1) is 9.37. The SMILES string of the molecule is Nc1nc(C(=O)O)ccc1C(F)F. The molecule has 0 unspecified atom stereocenters. The van der Waals surface area contributed by atoms with Gasteiger partial charge in [-0.3, -0.25) is 0 Å². The minimum atomic E-state index is -2.74. The predicted octanol–water partition coefficient (Wildman–Crippen LogP) is 1.30. The zero-order valence-electron chi connectivity index (χ0n) is 6.37. The molecule has 0 aromatic carbocycles. The summed E-state index contributed by atoms with van der Waals surface area (Å²) in [5.41, 5.74) is 4.31. The first-order valence-electron chi connectivity index (χ1n) is 3.30. The summed E-state index contributed by atoms with van der Waals surface area (Å²) in [4.78, 5) is 13.6. The minimum Gasteiger partial charge on any atom is -0.477 e. The molecule has 0 aliphatic rings. The zero-order chi connectivity index (χ0) is 10.0. The van der Waals surface area contributed by atoms with Gasteiger partial charge in [0.25, 0.3) is 6.43 Å². The molecule has 0 bridgehead atoms. The van der Waals surface area contributed by atoms with E-state index in [-0.39, 0.29) is 5.69 Å². The normalized spacial score (nSPS) is 10.4.